The molecule has 0 unspecified atom stereocenters. The first-order valence-corrected chi connectivity index (χ1v) is 7.19. The Morgan fingerprint density at radius 3 is 2.30 bits per heavy atom. The van der Waals surface area contributed by atoms with Gasteiger partial charge in [0.2, 0.25) is 0 Å². The van der Waals surface area contributed by atoms with E-state index in [0.29, 0.717) is 25.9 Å². The summed E-state index contributed by atoms with van der Waals surface area (Å²) < 4.78 is 11.0. The Bertz CT molecular complexity index is 382. The van der Waals surface area contributed by atoms with E-state index in [1.54, 1.807) is 0 Å². The molecular formula is C16H27NO3. The standard InChI is InChI=1S/C16H27NO3/c1-12(2)17-11-15-9-13(3)16(14(4)10-15)20-8-7-19-6-5-18/h9-10,12,17-18H,5-8,11H2,1-4H3. The van der Waals surface area contributed by atoms with E-state index in [1.165, 1.54) is 5.56 Å². The average molecular weight is 281 g/mol. The summed E-state index contributed by atoms with van der Waals surface area (Å²) in [6.07, 6.45) is 0. The van der Waals surface area contributed by atoms with E-state index in [0.717, 1.165) is 23.4 Å². The molecule has 114 valence electrons. The molecule has 0 saturated carbocycles. The first-order valence-electron chi connectivity index (χ1n) is 7.19. The molecule has 0 aromatic heterocycles. The molecule has 4 heteroatoms. The summed E-state index contributed by atoms with van der Waals surface area (Å²) in [5.74, 6) is 0.936. The zero-order chi connectivity index (χ0) is 15.0. The predicted octanol–water partition coefficient (Wildman–Crippen LogP) is 2.19. The molecule has 0 saturated heterocycles. The second kappa shape index (κ2) is 8.95. The number of benzene rings is 1. The molecule has 1 aromatic rings. The van der Waals surface area contributed by atoms with Crippen molar-refractivity contribution < 1.29 is 14.6 Å². The zero-order valence-corrected chi connectivity index (χ0v) is 13.0. The summed E-state index contributed by atoms with van der Waals surface area (Å²) in [7, 11) is 0. The smallest absolute Gasteiger partial charge is 0.125 e. The number of rotatable bonds is 9. The number of hydrogen-bond donors (Lipinski definition) is 2. The van der Waals surface area contributed by atoms with Crippen molar-refractivity contribution >= 4 is 0 Å². The van der Waals surface area contributed by atoms with Gasteiger partial charge in [0.25, 0.3) is 0 Å². The molecule has 0 aliphatic rings. The van der Waals surface area contributed by atoms with Crippen LogP contribution < -0.4 is 10.1 Å². The highest BCUT2D eigenvalue weighted by atomic mass is 16.5. The molecule has 0 aliphatic heterocycles. The summed E-state index contributed by atoms with van der Waals surface area (Å²) in [5.41, 5.74) is 3.57. The number of aliphatic hydroxyl groups excluding tert-OH is 1. The van der Waals surface area contributed by atoms with Crippen LogP contribution in [0.3, 0.4) is 0 Å². The summed E-state index contributed by atoms with van der Waals surface area (Å²) in [5, 5.41) is 12.0. The lowest BCUT2D eigenvalue weighted by molar-refractivity contribution is 0.0702. The van der Waals surface area contributed by atoms with E-state index >= 15 is 0 Å². The van der Waals surface area contributed by atoms with Gasteiger partial charge in [-0.25, -0.2) is 0 Å². The van der Waals surface area contributed by atoms with Crippen LogP contribution in [0, 0.1) is 13.8 Å². The minimum atomic E-state index is 0.0512. The van der Waals surface area contributed by atoms with Gasteiger partial charge in [-0.05, 0) is 30.5 Å². The van der Waals surface area contributed by atoms with Gasteiger partial charge in [-0.1, -0.05) is 26.0 Å². The fourth-order valence-corrected chi connectivity index (χ4v) is 2.06. The van der Waals surface area contributed by atoms with E-state index in [2.05, 4.69) is 45.1 Å². The fourth-order valence-electron chi connectivity index (χ4n) is 2.06. The van der Waals surface area contributed by atoms with Crippen LogP contribution >= 0.6 is 0 Å². The third-order valence-electron chi connectivity index (χ3n) is 2.94. The van der Waals surface area contributed by atoms with Crippen LogP contribution in [0.25, 0.3) is 0 Å². The number of aryl methyl sites for hydroxylation is 2. The maximum atomic E-state index is 8.62. The Morgan fingerprint density at radius 1 is 1.10 bits per heavy atom. The quantitative estimate of drug-likeness (QED) is 0.681. The van der Waals surface area contributed by atoms with Gasteiger partial charge in [-0.2, -0.15) is 0 Å². The molecule has 0 aliphatic carbocycles. The third kappa shape index (κ3) is 5.90. The highest BCUT2D eigenvalue weighted by molar-refractivity contribution is 5.43. The van der Waals surface area contributed by atoms with Crippen molar-refractivity contribution in [2.45, 2.75) is 40.3 Å². The third-order valence-corrected chi connectivity index (χ3v) is 2.94. The Hall–Kier alpha value is -1.10. The molecule has 0 atom stereocenters. The molecular weight excluding hydrogens is 254 g/mol. The Labute approximate surface area is 122 Å². The van der Waals surface area contributed by atoms with Crippen molar-refractivity contribution in [1.29, 1.82) is 0 Å². The van der Waals surface area contributed by atoms with Crippen LogP contribution in [0.5, 0.6) is 5.75 Å². The van der Waals surface area contributed by atoms with Gasteiger partial charge < -0.3 is 19.9 Å². The van der Waals surface area contributed by atoms with E-state index < -0.39 is 0 Å². The molecule has 0 radical (unpaired) electrons. The average Bonchev–Trinajstić information content (AvgIpc) is 2.38. The van der Waals surface area contributed by atoms with Gasteiger partial charge in [0, 0.05) is 12.6 Å². The zero-order valence-electron chi connectivity index (χ0n) is 13.0. The van der Waals surface area contributed by atoms with Crippen LogP contribution in [-0.4, -0.2) is 37.6 Å². The van der Waals surface area contributed by atoms with Crippen molar-refractivity contribution in [1.82, 2.24) is 5.32 Å². The van der Waals surface area contributed by atoms with Crippen LogP contribution in [0.4, 0.5) is 0 Å². The summed E-state index contributed by atoms with van der Waals surface area (Å²) >= 11 is 0. The molecule has 0 amide bonds. The number of ether oxygens (including phenoxy) is 2. The molecule has 0 fully saturated rings. The maximum absolute atomic E-state index is 8.62. The number of nitrogens with one attached hydrogen (secondary N) is 1. The largest absolute Gasteiger partial charge is 0.491 e. The second-order valence-electron chi connectivity index (χ2n) is 5.28. The number of hydrogen-bond acceptors (Lipinski definition) is 4. The minimum absolute atomic E-state index is 0.0512. The van der Waals surface area contributed by atoms with Crippen LogP contribution in [-0.2, 0) is 11.3 Å². The summed E-state index contributed by atoms with van der Waals surface area (Å²) in [4.78, 5) is 0. The topological polar surface area (TPSA) is 50.7 Å². The highest BCUT2D eigenvalue weighted by Gasteiger charge is 2.07. The van der Waals surface area contributed by atoms with E-state index in [1.807, 2.05) is 0 Å². The minimum Gasteiger partial charge on any atom is -0.491 e. The van der Waals surface area contributed by atoms with E-state index in [9.17, 15) is 0 Å². The molecule has 20 heavy (non-hydrogen) atoms. The predicted molar refractivity (Wildman–Crippen MR) is 81.3 cm³/mol. The van der Waals surface area contributed by atoms with Gasteiger partial charge in [-0.3, -0.25) is 0 Å². The van der Waals surface area contributed by atoms with Gasteiger partial charge >= 0.3 is 0 Å². The molecule has 1 rings (SSSR count). The Balaban J connectivity index is 2.55. The molecule has 2 N–H and O–H groups in total. The lowest BCUT2D eigenvalue weighted by atomic mass is 10.1. The van der Waals surface area contributed by atoms with Crippen LogP contribution in [0.15, 0.2) is 12.1 Å². The lowest BCUT2D eigenvalue weighted by Crippen LogP contribution is -2.22. The van der Waals surface area contributed by atoms with Gasteiger partial charge in [-0.15, -0.1) is 0 Å². The Morgan fingerprint density at radius 2 is 1.75 bits per heavy atom. The van der Waals surface area contributed by atoms with Gasteiger partial charge in [0.15, 0.2) is 0 Å². The second-order valence-corrected chi connectivity index (χ2v) is 5.28. The fraction of sp³-hybridized carbons (Fsp3) is 0.625. The lowest BCUT2D eigenvalue weighted by Gasteiger charge is -2.15. The first kappa shape index (κ1) is 17.0. The van der Waals surface area contributed by atoms with Crippen LogP contribution in [0.2, 0.25) is 0 Å². The Kier molecular flexibility index (Phi) is 7.59. The molecule has 0 heterocycles. The maximum Gasteiger partial charge on any atom is 0.125 e. The van der Waals surface area contributed by atoms with Crippen molar-refractivity contribution in [3.63, 3.8) is 0 Å². The van der Waals surface area contributed by atoms with E-state index in [-0.39, 0.29) is 6.61 Å². The highest BCUT2D eigenvalue weighted by Crippen LogP contribution is 2.24. The van der Waals surface area contributed by atoms with E-state index in [4.69, 9.17) is 14.6 Å². The van der Waals surface area contributed by atoms with Crippen molar-refractivity contribution in [2.75, 3.05) is 26.4 Å². The van der Waals surface area contributed by atoms with Gasteiger partial charge in [0.05, 0.1) is 19.8 Å². The SMILES string of the molecule is Cc1cc(CNC(C)C)cc(C)c1OCCOCCO. The van der Waals surface area contributed by atoms with Crippen molar-refractivity contribution in [3.8, 4) is 5.75 Å². The van der Waals surface area contributed by atoms with Gasteiger partial charge in [0.1, 0.15) is 12.4 Å². The first-order chi connectivity index (χ1) is 9.54. The monoisotopic (exact) mass is 281 g/mol. The van der Waals surface area contributed by atoms with Crippen molar-refractivity contribution in [2.24, 2.45) is 0 Å². The van der Waals surface area contributed by atoms with Crippen molar-refractivity contribution in [3.05, 3.63) is 28.8 Å². The summed E-state index contributed by atoms with van der Waals surface area (Å²) in [6.45, 7) is 10.7. The van der Waals surface area contributed by atoms with Crippen LogP contribution in [0.1, 0.15) is 30.5 Å². The normalized spacial score (nSPS) is 11.1. The molecule has 1 aromatic carbocycles. The summed E-state index contributed by atoms with van der Waals surface area (Å²) in [6, 6.07) is 4.80. The molecule has 0 bridgehead atoms. The number of aliphatic hydroxyl groups is 1. The molecule has 4 nitrogen and oxygen atoms in total. The molecule has 0 spiro atoms.